The maximum atomic E-state index is 14.0. The fraction of sp³-hybridized carbons (Fsp3) is 0. The molecule has 0 radical (unpaired) electrons. The lowest BCUT2D eigenvalue weighted by atomic mass is 10.1. The van der Waals surface area contributed by atoms with E-state index in [1.807, 2.05) is 0 Å². The van der Waals surface area contributed by atoms with Gasteiger partial charge in [-0.3, -0.25) is 14.5 Å². The number of rotatable bonds is 5. The Balaban J connectivity index is 1.63. The molecule has 156 valence electrons. The third-order valence-electron chi connectivity index (χ3n) is 4.44. The van der Waals surface area contributed by atoms with E-state index in [4.69, 9.17) is 0 Å². The highest BCUT2D eigenvalue weighted by Gasteiger charge is 2.18. The molecule has 9 heteroatoms. The fourth-order valence-electron chi connectivity index (χ4n) is 3.01. The largest absolute Gasteiger partial charge is 0.321 e. The number of hydrogen-bond acceptors (Lipinski definition) is 4. The van der Waals surface area contributed by atoms with Gasteiger partial charge in [-0.25, -0.2) is 17.2 Å². The van der Waals surface area contributed by atoms with Crippen molar-refractivity contribution in [2.24, 2.45) is 0 Å². The number of fused-ring (bicyclic) bond motifs is 1. The van der Waals surface area contributed by atoms with Crippen LogP contribution >= 0.6 is 0 Å². The maximum absolute atomic E-state index is 14.0. The Hall–Kier alpha value is -3.85. The van der Waals surface area contributed by atoms with Gasteiger partial charge in [0.15, 0.2) is 5.82 Å². The Morgan fingerprint density at radius 1 is 0.903 bits per heavy atom. The van der Waals surface area contributed by atoms with E-state index in [2.05, 4.69) is 15.0 Å². The molecule has 3 aromatic carbocycles. The molecule has 0 aliphatic rings. The van der Waals surface area contributed by atoms with E-state index in [0.717, 1.165) is 6.07 Å². The van der Waals surface area contributed by atoms with Crippen LogP contribution in [0.2, 0.25) is 0 Å². The Kier molecular flexibility index (Phi) is 5.35. The number of carbonyl (C=O) groups is 1. The van der Waals surface area contributed by atoms with E-state index in [9.17, 15) is 22.0 Å². The molecule has 31 heavy (non-hydrogen) atoms. The number of carbonyl (C=O) groups excluding carboxylic acids is 1. The van der Waals surface area contributed by atoms with Gasteiger partial charge in [-0.05, 0) is 42.5 Å². The summed E-state index contributed by atoms with van der Waals surface area (Å²) in [5.41, 5.74) is 0.481. The van der Waals surface area contributed by atoms with Crippen molar-refractivity contribution in [2.75, 3.05) is 10.0 Å². The van der Waals surface area contributed by atoms with E-state index in [1.165, 1.54) is 36.5 Å². The van der Waals surface area contributed by atoms with Gasteiger partial charge in [0, 0.05) is 28.9 Å². The van der Waals surface area contributed by atoms with Crippen molar-refractivity contribution in [1.29, 1.82) is 0 Å². The number of aromatic nitrogens is 1. The van der Waals surface area contributed by atoms with Crippen LogP contribution in [0.5, 0.6) is 0 Å². The zero-order chi connectivity index (χ0) is 22.0. The monoisotopic (exact) mass is 439 g/mol. The number of para-hydroxylation sites is 1. The standard InChI is InChI=1S/C22H15F2N3O3S/c23-15-12-18-20(9-10-25-21(18)19(24)13-15)26-22(28)14-5-4-8-17(11-14)31(29,30)27-16-6-2-1-3-7-16/h1-13,27H,(H,25,26,28). The second kappa shape index (κ2) is 8.11. The van der Waals surface area contributed by atoms with Crippen LogP contribution in [0.15, 0.2) is 83.9 Å². The quantitative estimate of drug-likeness (QED) is 0.477. The number of benzene rings is 3. The molecule has 1 aromatic heterocycles. The van der Waals surface area contributed by atoms with Crippen molar-refractivity contribution in [1.82, 2.24) is 4.98 Å². The van der Waals surface area contributed by atoms with Crippen molar-refractivity contribution >= 4 is 38.2 Å². The van der Waals surface area contributed by atoms with Gasteiger partial charge in [-0.1, -0.05) is 24.3 Å². The first-order valence-electron chi connectivity index (χ1n) is 9.06. The SMILES string of the molecule is O=C(Nc1ccnc2c(F)cc(F)cc12)c1cccc(S(=O)(=O)Nc2ccccc2)c1. The number of anilines is 2. The molecular formula is C22H15F2N3O3S. The number of pyridine rings is 1. The molecule has 4 aromatic rings. The molecule has 4 rings (SSSR count). The van der Waals surface area contributed by atoms with Crippen LogP contribution in [0.25, 0.3) is 10.9 Å². The molecule has 6 nitrogen and oxygen atoms in total. The average Bonchev–Trinajstić information content (AvgIpc) is 2.75. The highest BCUT2D eigenvalue weighted by atomic mass is 32.2. The molecule has 0 fully saturated rings. The number of nitrogens with one attached hydrogen (secondary N) is 2. The zero-order valence-corrected chi connectivity index (χ0v) is 16.7. The highest BCUT2D eigenvalue weighted by Crippen LogP contribution is 2.26. The van der Waals surface area contributed by atoms with Gasteiger partial charge in [0.25, 0.3) is 15.9 Å². The van der Waals surface area contributed by atoms with E-state index in [1.54, 1.807) is 30.3 Å². The molecule has 2 N–H and O–H groups in total. The molecule has 0 aliphatic carbocycles. The molecule has 0 atom stereocenters. The molecule has 0 aliphatic heterocycles. The van der Waals surface area contributed by atoms with Crippen molar-refractivity contribution in [3.8, 4) is 0 Å². The molecule has 0 bridgehead atoms. The summed E-state index contributed by atoms with van der Waals surface area (Å²) in [5.74, 6) is -2.31. The summed E-state index contributed by atoms with van der Waals surface area (Å²) >= 11 is 0. The van der Waals surface area contributed by atoms with Gasteiger partial charge >= 0.3 is 0 Å². The molecule has 1 amide bonds. The second-order valence-electron chi connectivity index (χ2n) is 6.60. The minimum atomic E-state index is -3.93. The fourth-order valence-corrected chi connectivity index (χ4v) is 4.11. The first-order valence-corrected chi connectivity index (χ1v) is 10.5. The highest BCUT2D eigenvalue weighted by molar-refractivity contribution is 7.92. The molecule has 0 saturated carbocycles. The summed E-state index contributed by atoms with van der Waals surface area (Å²) in [6.45, 7) is 0. The topological polar surface area (TPSA) is 88.2 Å². The minimum absolute atomic E-state index is 0.0535. The number of hydrogen-bond donors (Lipinski definition) is 2. The normalized spacial score (nSPS) is 11.3. The zero-order valence-electron chi connectivity index (χ0n) is 15.8. The summed E-state index contributed by atoms with van der Waals surface area (Å²) in [7, 11) is -3.93. The van der Waals surface area contributed by atoms with Gasteiger partial charge < -0.3 is 5.32 Å². The van der Waals surface area contributed by atoms with E-state index in [-0.39, 0.29) is 27.0 Å². The van der Waals surface area contributed by atoms with Gasteiger partial charge in [0.05, 0.1) is 10.6 Å². The number of nitrogens with zero attached hydrogens (tertiary/aromatic N) is 1. The molecule has 0 saturated heterocycles. The Labute approximate surface area is 176 Å². The Morgan fingerprint density at radius 2 is 1.68 bits per heavy atom. The first kappa shape index (κ1) is 20.4. The predicted octanol–water partition coefficient (Wildman–Crippen LogP) is 4.57. The molecule has 0 spiro atoms. The van der Waals surface area contributed by atoms with Crippen LogP contribution in [0.4, 0.5) is 20.2 Å². The summed E-state index contributed by atoms with van der Waals surface area (Å²) < 4.78 is 55.3. The summed E-state index contributed by atoms with van der Waals surface area (Å²) in [6.07, 6.45) is 1.28. The lowest BCUT2D eigenvalue weighted by molar-refractivity contribution is 0.102. The maximum Gasteiger partial charge on any atom is 0.261 e. The van der Waals surface area contributed by atoms with Gasteiger partial charge in [-0.2, -0.15) is 0 Å². The third-order valence-corrected chi connectivity index (χ3v) is 5.82. The number of amides is 1. The van der Waals surface area contributed by atoms with Crippen LogP contribution in [0.3, 0.4) is 0 Å². The van der Waals surface area contributed by atoms with Crippen molar-refractivity contribution in [2.45, 2.75) is 4.90 Å². The lowest BCUT2D eigenvalue weighted by Crippen LogP contribution is -2.16. The molecule has 1 heterocycles. The van der Waals surface area contributed by atoms with Crippen LogP contribution < -0.4 is 10.0 Å². The van der Waals surface area contributed by atoms with Crippen LogP contribution in [0, 0.1) is 11.6 Å². The second-order valence-corrected chi connectivity index (χ2v) is 8.28. The summed E-state index contributed by atoms with van der Waals surface area (Å²) in [6, 6.07) is 16.9. The number of halogens is 2. The van der Waals surface area contributed by atoms with Crippen LogP contribution in [0.1, 0.15) is 10.4 Å². The van der Waals surface area contributed by atoms with E-state index >= 15 is 0 Å². The molecule has 0 unspecified atom stereocenters. The average molecular weight is 439 g/mol. The third kappa shape index (κ3) is 4.36. The summed E-state index contributed by atoms with van der Waals surface area (Å²) in [5, 5.41) is 2.64. The van der Waals surface area contributed by atoms with Crippen molar-refractivity contribution < 1.29 is 22.0 Å². The minimum Gasteiger partial charge on any atom is -0.321 e. The van der Waals surface area contributed by atoms with Gasteiger partial charge in [0.2, 0.25) is 0 Å². The Morgan fingerprint density at radius 3 is 2.45 bits per heavy atom. The summed E-state index contributed by atoms with van der Waals surface area (Å²) in [4.78, 5) is 16.5. The smallest absolute Gasteiger partial charge is 0.261 e. The van der Waals surface area contributed by atoms with Crippen molar-refractivity contribution in [3.63, 3.8) is 0 Å². The van der Waals surface area contributed by atoms with Crippen LogP contribution in [-0.2, 0) is 10.0 Å². The van der Waals surface area contributed by atoms with Crippen molar-refractivity contribution in [3.05, 3.63) is 96.2 Å². The lowest BCUT2D eigenvalue weighted by Gasteiger charge is -2.11. The van der Waals surface area contributed by atoms with Gasteiger partial charge in [0.1, 0.15) is 11.3 Å². The Bertz CT molecular complexity index is 1390. The number of sulfonamides is 1. The van der Waals surface area contributed by atoms with E-state index in [0.29, 0.717) is 11.8 Å². The molecular weight excluding hydrogens is 424 g/mol. The van der Waals surface area contributed by atoms with E-state index < -0.39 is 27.6 Å². The predicted molar refractivity (Wildman–Crippen MR) is 113 cm³/mol. The van der Waals surface area contributed by atoms with Gasteiger partial charge in [-0.15, -0.1) is 0 Å². The first-order chi connectivity index (χ1) is 14.8. The van der Waals surface area contributed by atoms with Crippen LogP contribution in [-0.4, -0.2) is 19.3 Å².